The van der Waals surface area contributed by atoms with Gasteiger partial charge in [0.15, 0.2) is 0 Å². The lowest BCUT2D eigenvalue weighted by molar-refractivity contribution is -0.117. The second kappa shape index (κ2) is 4.00. The Bertz CT molecular complexity index is 451. The molecule has 0 aliphatic carbocycles. The SMILES string of the molecule is C=CCN1C(=O)CNc2cc(C)c(C)cc21. The number of benzene rings is 1. The summed E-state index contributed by atoms with van der Waals surface area (Å²) in [7, 11) is 0. The molecular weight excluding hydrogens is 200 g/mol. The Morgan fingerprint density at radius 2 is 2.12 bits per heavy atom. The minimum atomic E-state index is 0.0932. The van der Waals surface area contributed by atoms with Gasteiger partial charge in [-0.1, -0.05) is 6.08 Å². The molecule has 2 rings (SSSR count). The van der Waals surface area contributed by atoms with E-state index in [4.69, 9.17) is 0 Å². The van der Waals surface area contributed by atoms with Gasteiger partial charge >= 0.3 is 0 Å². The zero-order chi connectivity index (χ0) is 11.7. The maximum atomic E-state index is 11.8. The fraction of sp³-hybridized carbons (Fsp3) is 0.308. The summed E-state index contributed by atoms with van der Waals surface area (Å²) in [5.74, 6) is 0.0932. The summed E-state index contributed by atoms with van der Waals surface area (Å²) in [6.45, 7) is 8.75. The molecule has 1 N–H and O–H groups in total. The summed E-state index contributed by atoms with van der Waals surface area (Å²) in [4.78, 5) is 13.5. The van der Waals surface area contributed by atoms with Gasteiger partial charge < -0.3 is 10.2 Å². The van der Waals surface area contributed by atoms with Gasteiger partial charge in [0.05, 0.1) is 17.9 Å². The number of amides is 1. The normalized spacial score (nSPS) is 14.4. The van der Waals surface area contributed by atoms with Gasteiger partial charge in [-0.2, -0.15) is 0 Å². The van der Waals surface area contributed by atoms with Crippen molar-refractivity contribution in [2.24, 2.45) is 0 Å². The fourth-order valence-corrected chi connectivity index (χ4v) is 1.90. The molecule has 1 aromatic rings. The predicted molar refractivity (Wildman–Crippen MR) is 67.0 cm³/mol. The maximum absolute atomic E-state index is 11.8. The van der Waals surface area contributed by atoms with Crippen molar-refractivity contribution < 1.29 is 4.79 Å². The van der Waals surface area contributed by atoms with Crippen LogP contribution in [0.1, 0.15) is 11.1 Å². The van der Waals surface area contributed by atoms with E-state index in [0.717, 1.165) is 11.4 Å². The van der Waals surface area contributed by atoms with E-state index in [1.807, 2.05) is 0 Å². The maximum Gasteiger partial charge on any atom is 0.246 e. The molecule has 3 heteroatoms. The van der Waals surface area contributed by atoms with Crippen molar-refractivity contribution >= 4 is 17.3 Å². The first kappa shape index (κ1) is 10.7. The van der Waals surface area contributed by atoms with Gasteiger partial charge in [-0.05, 0) is 37.1 Å². The molecule has 0 fully saturated rings. The summed E-state index contributed by atoms with van der Waals surface area (Å²) < 4.78 is 0. The van der Waals surface area contributed by atoms with E-state index in [2.05, 4.69) is 37.9 Å². The monoisotopic (exact) mass is 216 g/mol. The van der Waals surface area contributed by atoms with Crippen molar-refractivity contribution in [2.75, 3.05) is 23.3 Å². The van der Waals surface area contributed by atoms with Crippen LogP contribution in [-0.2, 0) is 4.79 Å². The lowest BCUT2D eigenvalue weighted by atomic mass is 10.1. The number of nitrogens with one attached hydrogen (secondary N) is 1. The molecule has 0 radical (unpaired) electrons. The van der Waals surface area contributed by atoms with Crippen LogP contribution in [0.25, 0.3) is 0 Å². The number of rotatable bonds is 2. The third-order valence-electron chi connectivity index (χ3n) is 2.95. The van der Waals surface area contributed by atoms with E-state index >= 15 is 0 Å². The molecule has 0 atom stereocenters. The van der Waals surface area contributed by atoms with Crippen LogP contribution in [-0.4, -0.2) is 19.0 Å². The van der Waals surface area contributed by atoms with E-state index in [-0.39, 0.29) is 5.91 Å². The predicted octanol–water partition coefficient (Wildman–Crippen LogP) is 2.25. The van der Waals surface area contributed by atoms with Crippen LogP contribution in [0, 0.1) is 13.8 Å². The van der Waals surface area contributed by atoms with Gasteiger partial charge in [0.25, 0.3) is 0 Å². The van der Waals surface area contributed by atoms with Crippen LogP contribution in [0.2, 0.25) is 0 Å². The highest BCUT2D eigenvalue weighted by Gasteiger charge is 2.23. The fourth-order valence-electron chi connectivity index (χ4n) is 1.90. The van der Waals surface area contributed by atoms with Gasteiger partial charge in [-0.25, -0.2) is 0 Å². The second-order valence-electron chi connectivity index (χ2n) is 4.10. The van der Waals surface area contributed by atoms with Crippen LogP contribution in [0.4, 0.5) is 11.4 Å². The molecule has 0 saturated carbocycles. The lowest BCUT2D eigenvalue weighted by Crippen LogP contribution is -2.40. The molecule has 1 aliphatic rings. The first-order valence-electron chi connectivity index (χ1n) is 5.40. The zero-order valence-corrected chi connectivity index (χ0v) is 9.71. The molecule has 1 heterocycles. The lowest BCUT2D eigenvalue weighted by Gasteiger charge is -2.30. The number of hydrogen-bond donors (Lipinski definition) is 1. The quantitative estimate of drug-likeness (QED) is 0.769. The number of anilines is 2. The van der Waals surface area contributed by atoms with Crippen molar-refractivity contribution in [3.05, 3.63) is 35.9 Å². The van der Waals surface area contributed by atoms with E-state index < -0.39 is 0 Å². The highest BCUT2D eigenvalue weighted by molar-refractivity contribution is 6.03. The number of nitrogens with zero attached hydrogens (tertiary/aromatic N) is 1. The Morgan fingerprint density at radius 1 is 1.44 bits per heavy atom. The molecule has 1 aliphatic heterocycles. The first-order valence-corrected chi connectivity index (χ1v) is 5.40. The first-order chi connectivity index (χ1) is 7.63. The largest absolute Gasteiger partial charge is 0.374 e. The van der Waals surface area contributed by atoms with Crippen molar-refractivity contribution in [1.82, 2.24) is 0 Å². The molecule has 3 nitrogen and oxygen atoms in total. The van der Waals surface area contributed by atoms with Crippen LogP contribution >= 0.6 is 0 Å². The van der Waals surface area contributed by atoms with E-state index in [1.165, 1.54) is 11.1 Å². The average Bonchev–Trinajstić information content (AvgIpc) is 2.25. The molecule has 1 aromatic carbocycles. The second-order valence-corrected chi connectivity index (χ2v) is 4.10. The molecule has 0 spiro atoms. The summed E-state index contributed by atoms with van der Waals surface area (Å²) in [6, 6.07) is 4.14. The molecule has 84 valence electrons. The summed E-state index contributed by atoms with van der Waals surface area (Å²) >= 11 is 0. The smallest absolute Gasteiger partial charge is 0.246 e. The van der Waals surface area contributed by atoms with Crippen molar-refractivity contribution in [1.29, 1.82) is 0 Å². The zero-order valence-electron chi connectivity index (χ0n) is 9.71. The van der Waals surface area contributed by atoms with Gasteiger partial charge in [0.2, 0.25) is 5.91 Å². The molecular formula is C13H16N2O. The van der Waals surface area contributed by atoms with Gasteiger partial charge in [0.1, 0.15) is 0 Å². The minimum Gasteiger partial charge on any atom is -0.374 e. The van der Waals surface area contributed by atoms with Crippen LogP contribution in [0.3, 0.4) is 0 Å². The number of carbonyl (C=O) groups is 1. The Kier molecular flexibility index (Phi) is 2.69. The third-order valence-corrected chi connectivity index (χ3v) is 2.95. The number of aryl methyl sites for hydroxylation is 2. The average molecular weight is 216 g/mol. The molecule has 0 bridgehead atoms. The molecule has 1 amide bonds. The molecule has 0 saturated heterocycles. The minimum absolute atomic E-state index is 0.0932. The summed E-state index contributed by atoms with van der Waals surface area (Å²) in [5, 5.41) is 3.14. The Morgan fingerprint density at radius 3 is 2.81 bits per heavy atom. The molecule has 0 unspecified atom stereocenters. The highest BCUT2D eigenvalue weighted by atomic mass is 16.2. The van der Waals surface area contributed by atoms with E-state index in [9.17, 15) is 4.79 Å². The Hall–Kier alpha value is -1.77. The molecule has 16 heavy (non-hydrogen) atoms. The van der Waals surface area contributed by atoms with Crippen LogP contribution < -0.4 is 10.2 Å². The summed E-state index contributed by atoms with van der Waals surface area (Å²) in [5.41, 5.74) is 4.42. The van der Waals surface area contributed by atoms with Gasteiger partial charge in [0, 0.05) is 6.54 Å². The highest BCUT2D eigenvalue weighted by Crippen LogP contribution is 2.32. The van der Waals surface area contributed by atoms with Gasteiger partial charge in [-0.3, -0.25) is 4.79 Å². The van der Waals surface area contributed by atoms with Crippen LogP contribution in [0.5, 0.6) is 0 Å². The van der Waals surface area contributed by atoms with Gasteiger partial charge in [-0.15, -0.1) is 6.58 Å². The molecule has 0 aromatic heterocycles. The number of hydrogen-bond acceptors (Lipinski definition) is 2. The van der Waals surface area contributed by atoms with Crippen molar-refractivity contribution in [2.45, 2.75) is 13.8 Å². The Balaban J connectivity index is 2.50. The topological polar surface area (TPSA) is 32.3 Å². The van der Waals surface area contributed by atoms with E-state index in [0.29, 0.717) is 13.1 Å². The van der Waals surface area contributed by atoms with Crippen molar-refractivity contribution in [3.63, 3.8) is 0 Å². The Labute approximate surface area is 95.8 Å². The number of fused-ring (bicyclic) bond motifs is 1. The summed E-state index contributed by atoms with van der Waals surface area (Å²) in [6.07, 6.45) is 1.75. The third kappa shape index (κ3) is 1.69. The van der Waals surface area contributed by atoms with Crippen LogP contribution in [0.15, 0.2) is 24.8 Å². The van der Waals surface area contributed by atoms with E-state index in [1.54, 1.807) is 11.0 Å². The van der Waals surface area contributed by atoms with Crippen molar-refractivity contribution in [3.8, 4) is 0 Å². The number of carbonyl (C=O) groups excluding carboxylic acids is 1. The standard InChI is InChI=1S/C13H16N2O/c1-4-5-15-12-7-10(3)9(2)6-11(12)14-8-13(15)16/h4,6-7,14H,1,5,8H2,2-3H3.